The number of aromatic amines is 1. The van der Waals surface area contributed by atoms with Crippen molar-refractivity contribution in [3.63, 3.8) is 0 Å². The Hall–Kier alpha value is -1.36. The Morgan fingerprint density at radius 3 is 2.61 bits per heavy atom. The summed E-state index contributed by atoms with van der Waals surface area (Å²) in [6.45, 7) is 0. The van der Waals surface area contributed by atoms with Crippen molar-refractivity contribution in [2.24, 2.45) is 0 Å². The Kier molecular flexibility index (Phi) is 2.86. The Labute approximate surface area is 117 Å². The second-order valence-corrected chi connectivity index (χ2v) is 4.78. The molecule has 3 heterocycles. The lowest BCUT2D eigenvalue weighted by molar-refractivity contribution is 1.23. The predicted octanol–water partition coefficient (Wildman–Crippen LogP) is 3.98. The number of hydrogen-bond donors (Lipinski definition) is 1. The van der Waals surface area contributed by atoms with E-state index in [9.17, 15) is 0 Å². The lowest BCUT2D eigenvalue weighted by Gasteiger charge is -1.94. The van der Waals surface area contributed by atoms with E-state index in [2.05, 4.69) is 19.9 Å². The van der Waals surface area contributed by atoms with Gasteiger partial charge in [0, 0.05) is 6.20 Å². The number of rotatable bonds is 1. The maximum absolute atomic E-state index is 5.89. The molecule has 1 N–H and O–H groups in total. The van der Waals surface area contributed by atoms with Crippen molar-refractivity contribution in [2.75, 3.05) is 0 Å². The van der Waals surface area contributed by atoms with Crippen molar-refractivity contribution in [3.05, 3.63) is 39.6 Å². The van der Waals surface area contributed by atoms with Crippen LogP contribution in [-0.4, -0.2) is 19.9 Å². The molecule has 4 nitrogen and oxygen atoms in total. The normalized spacial score (nSPS) is 11.1. The summed E-state index contributed by atoms with van der Waals surface area (Å²) in [6, 6.07) is 5.19. The molecule has 0 unspecified atom stereocenters. The van der Waals surface area contributed by atoms with Crippen molar-refractivity contribution in [2.45, 2.75) is 0 Å². The van der Waals surface area contributed by atoms with Crippen LogP contribution in [0.15, 0.2) is 24.4 Å². The highest BCUT2D eigenvalue weighted by molar-refractivity contribution is 6.41. The highest BCUT2D eigenvalue weighted by Gasteiger charge is 2.10. The van der Waals surface area contributed by atoms with Crippen LogP contribution in [0.3, 0.4) is 0 Å². The smallest absolute Gasteiger partial charge is 0.179 e. The van der Waals surface area contributed by atoms with E-state index in [1.165, 1.54) is 0 Å². The molecular formula is C11H5Cl3N4. The third-order valence-electron chi connectivity index (χ3n) is 2.35. The number of pyridine rings is 2. The standard InChI is InChI=1S/C11H5Cl3N4/c12-5-1-2-7(15-4-5)10-16-8-3-6(13)9(14)17-11(8)18-10/h1-4H,(H,16,17,18). The maximum atomic E-state index is 5.89. The molecule has 0 atom stereocenters. The minimum Gasteiger partial charge on any atom is -0.335 e. The molecule has 18 heavy (non-hydrogen) atoms. The Balaban J connectivity index is 2.16. The molecule has 7 heteroatoms. The largest absolute Gasteiger partial charge is 0.335 e. The van der Waals surface area contributed by atoms with Crippen LogP contribution in [0.2, 0.25) is 15.2 Å². The molecule has 0 fully saturated rings. The van der Waals surface area contributed by atoms with Gasteiger partial charge in [0.05, 0.1) is 15.6 Å². The van der Waals surface area contributed by atoms with Crippen molar-refractivity contribution in [1.29, 1.82) is 0 Å². The first-order valence-corrected chi connectivity index (χ1v) is 6.10. The fraction of sp³-hybridized carbons (Fsp3) is 0. The predicted molar refractivity (Wildman–Crippen MR) is 72.1 cm³/mol. The number of fused-ring (bicyclic) bond motifs is 1. The third kappa shape index (κ3) is 2.03. The molecule has 90 valence electrons. The summed E-state index contributed by atoms with van der Waals surface area (Å²) in [6.07, 6.45) is 1.55. The van der Waals surface area contributed by atoms with Gasteiger partial charge in [-0.2, -0.15) is 0 Å². The second-order valence-electron chi connectivity index (χ2n) is 3.58. The van der Waals surface area contributed by atoms with Crippen LogP contribution in [0.5, 0.6) is 0 Å². The summed E-state index contributed by atoms with van der Waals surface area (Å²) in [5.74, 6) is 0.590. The van der Waals surface area contributed by atoms with Crippen molar-refractivity contribution in [1.82, 2.24) is 19.9 Å². The van der Waals surface area contributed by atoms with Crippen LogP contribution < -0.4 is 0 Å². The van der Waals surface area contributed by atoms with Crippen LogP contribution in [0.4, 0.5) is 0 Å². The van der Waals surface area contributed by atoms with Gasteiger partial charge in [-0.05, 0) is 18.2 Å². The first-order valence-electron chi connectivity index (χ1n) is 4.97. The minimum absolute atomic E-state index is 0.228. The van der Waals surface area contributed by atoms with Gasteiger partial charge in [0.1, 0.15) is 10.8 Å². The molecule has 0 radical (unpaired) electrons. The van der Waals surface area contributed by atoms with Gasteiger partial charge in [-0.15, -0.1) is 0 Å². The summed E-state index contributed by atoms with van der Waals surface area (Å²) < 4.78 is 0. The summed E-state index contributed by atoms with van der Waals surface area (Å²) in [7, 11) is 0. The summed E-state index contributed by atoms with van der Waals surface area (Å²) in [5, 5.41) is 1.17. The molecule has 3 rings (SSSR count). The summed E-state index contributed by atoms with van der Waals surface area (Å²) >= 11 is 17.5. The molecule has 0 aliphatic carbocycles. The van der Waals surface area contributed by atoms with Gasteiger partial charge in [0.15, 0.2) is 11.5 Å². The highest BCUT2D eigenvalue weighted by Crippen LogP contribution is 2.25. The Morgan fingerprint density at radius 1 is 1.06 bits per heavy atom. The van der Waals surface area contributed by atoms with Crippen molar-refractivity contribution < 1.29 is 0 Å². The topological polar surface area (TPSA) is 54.5 Å². The molecule has 0 aliphatic heterocycles. The number of halogens is 3. The van der Waals surface area contributed by atoms with Gasteiger partial charge in [-0.25, -0.2) is 9.97 Å². The molecule has 0 spiro atoms. The quantitative estimate of drug-likeness (QED) is 0.691. The number of nitrogens with one attached hydrogen (secondary N) is 1. The van der Waals surface area contributed by atoms with Gasteiger partial charge in [-0.1, -0.05) is 34.8 Å². The zero-order chi connectivity index (χ0) is 12.7. The molecular weight excluding hydrogens is 295 g/mol. The van der Waals surface area contributed by atoms with E-state index >= 15 is 0 Å². The van der Waals surface area contributed by atoms with Gasteiger partial charge in [-0.3, -0.25) is 4.98 Å². The first-order chi connectivity index (χ1) is 8.63. The zero-order valence-electron chi connectivity index (χ0n) is 8.78. The number of imidazole rings is 1. The van der Waals surface area contributed by atoms with E-state index in [1.807, 2.05) is 0 Å². The molecule has 0 amide bonds. The molecule has 3 aromatic heterocycles. The van der Waals surface area contributed by atoms with Crippen molar-refractivity contribution >= 4 is 46.0 Å². The molecule has 0 saturated heterocycles. The van der Waals surface area contributed by atoms with Crippen LogP contribution in [0, 0.1) is 0 Å². The van der Waals surface area contributed by atoms with E-state index in [0.29, 0.717) is 32.7 Å². The van der Waals surface area contributed by atoms with Crippen LogP contribution in [-0.2, 0) is 0 Å². The number of nitrogens with zero attached hydrogens (tertiary/aromatic N) is 3. The van der Waals surface area contributed by atoms with Crippen LogP contribution in [0.25, 0.3) is 22.7 Å². The summed E-state index contributed by atoms with van der Waals surface area (Å²) in [5.41, 5.74) is 1.87. The fourth-order valence-electron chi connectivity index (χ4n) is 1.53. The number of aromatic nitrogens is 4. The molecule has 0 bridgehead atoms. The zero-order valence-corrected chi connectivity index (χ0v) is 11.1. The summed E-state index contributed by atoms with van der Waals surface area (Å²) in [4.78, 5) is 15.6. The maximum Gasteiger partial charge on any atom is 0.179 e. The minimum atomic E-state index is 0.228. The van der Waals surface area contributed by atoms with E-state index in [0.717, 1.165) is 0 Å². The fourth-order valence-corrected chi connectivity index (χ4v) is 1.93. The molecule has 3 aromatic rings. The van der Waals surface area contributed by atoms with Gasteiger partial charge < -0.3 is 4.98 Å². The molecule has 0 saturated carbocycles. The first kappa shape index (κ1) is 11.7. The number of hydrogen-bond acceptors (Lipinski definition) is 3. The Bertz CT molecular complexity index is 682. The van der Waals surface area contributed by atoms with Crippen LogP contribution >= 0.6 is 34.8 Å². The lowest BCUT2D eigenvalue weighted by atomic mass is 10.3. The van der Waals surface area contributed by atoms with Gasteiger partial charge >= 0.3 is 0 Å². The Morgan fingerprint density at radius 2 is 1.89 bits per heavy atom. The van der Waals surface area contributed by atoms with E-state index in [4.69, 9.17) is 34.8 Å². The van der Waals surface area contributed by atoms with E-state index in [1.54, 1.807) is 24.4 Å². The molecule has 0 aliphatic rings. The van der Waals surface area contributed by atoms with Crippen molar-refractivity contribution in [3.8, 4) is 11.5 Å². The van der Waals surface area contributed by atoms with E-state index < -0.39 is 0 Å². The SMILES string of the molecule is Clc1ccc(-c2nc3nc(Cl)c(Cl)cc3[nH]2)nc1. The average Bonchev–Trinajstić information content (AvgIpc) is 2.73. The average molecular weight is 300 g/mol. The highest BCUT2D eigenvalue weighted by atomic mass is 35.5. The van der Waals surface area contributed by atoms with Gasteiger partial charge in [0.2, 0.25) is 0 Å². The van der Waals surface area contributed by atoms with E-state index in [-0.39, 0.29) is 5.15 Å². The van der Waals surface area contributed by atoms with Crippen LogP contribution in [0.1, 0.15) is 0 Å². The molecule has 0 aromatic carbocycles. The second kappa shape index (κ2) is 4.39. The lowest BCUT2D eigenvalue weighted by Crippen LogP contribution is -1.84. The third-order valence-corrected chi connectivity index (χ3v) is 3.25. The van der Waals surface area contributed by atoms with Gasteiger partial charge in [0.25, 0.3) is 0 Å². The number of H-pyrrole nitrogens is 1. The monoisotopic (exact) mass is 298 g/mol.